The van der Waals surface area contributed by atoms with Crippen molar-refractivity contribution < 1.29 is 24.2 Å². The fourth-order valence-electron chi connectivity index (χ4n) is 3.04. The Morgan fingerprint density at radius 3 is 2.30 bits per heavy atom. The summed E-state index contributed by atoms with van der Waals surface area (Å²) >= 11 is 0. The van der Waals surface area contributed by atoms with Gasteiger partial charge in [-0.05, 0) is 48.8 Å². The highest BCUT2D eigenvalue weighted by atomic mass is 16.5. The van der Waals surface area contributed by atoms with E-state index in [9.17, 15) is 9.59 Å². The zero-order chi connectivity index (χ0) is 24.1. The van der Waals surface area contributed by atoms with E-state index < -0.39 is 12.6 Å². The molecule has 5 heteroatoms. The summed E-state index contributed by atoms with van der Waals surface area (Å²) in [5, 5.41) is 8.98. The molecule has 0 saturated heterocycles. The van der Waals surface area contributed by atoms with Gasteiger partial charge in [0.25, 0.3) is 0 Å². The van der Waals surface area contributed by atoms with E-state index in [0.717, 1.165) is 23.3 Å². The number of rotatable bonds is 13. The van der Waals surface area contributed by atoms with Gasteiger partial charge in [-0.2, -0.15) is 0 Å². The molecule has 0 saturated carbocycles. The Kier molecular flexibility index (Phi) is 10.7. The average Bonchev–Trinajstić information content (AvgIpc) is 2.83. The molecule has 0 bridgehead atoms. The van der Waals surface area contributed by atoms with Crippen LogP contribution in [0.3, 0.4) is 0 Å². The number of ether oxygens (including phenoxy) is 2. The van der Waals surface area contributed by atoms with Crippen LogP contribution in [0.15, 0.2) is 66.5 Å². The maximum Gasteiger partial charge on any atom is 0.341 e. The van der Waals surface area contributed by atoms with Gasteiger partial charge in [0.1, 0.15) is 11.5 Å². The molecule has 0 heterocycles. The molecule has 0 aliphatic rings. The number of unbranched alkanes of at least 4 members (excludes halogenated alkanes) is 2. The number of allylic oxidation sites excluding steroid dienone is 4. The van der Waals surface area contributed by atoms with E-state index in [4.69, 9.17) is 14.6 Å². The Balaban J connectivity index is 2.16. The molecular weight excluding hydrogens is 416 g/mol. The summed E-state index contributed by atoms with van der Waals surface area (Å²) in [4.78, 5) is 23.8. The normalized spacial score (nSPS) is 11.8. The van der Waals surface area contributed by atoms with Crippen molar-refractivity contribution in [3.8, 4) is 11.5 Å². The molecule has 174 valence electrons. The zero-order valence-electron chi connectivity index (χ0n) is 19.5. The van der Waals surface area contributed by atoms with Gasteiger partial charge in [0.15, 0.2) is 12.4 Å². The molecule has 1 N–H and O–H groups in total. The van der Waals surface area contributed by atoms with Crippen LogP contribution in [-0.2, 0) is 4.79 Å². The molecule has 5 nitrogen and oxygen atoms in total. The average molecular weight is 449 g/mol. The summed E-state index contributed by atoms with van der Waals surface area (Å²) < 4.78 is 11.1. The van der Waals surface area contributed by atoms with Crippen LogP contribution < -0.4 is 9.47 Å². The van der Waals surface area contributed by atoms with Gasteiger partial charge in [-0.25, -0.2) is 4.79 Å². The molecule has 0 aliphatic carbocycles. The Morgan fingerprint density at radius 1 is 1.00 bits per heavy atom. The lowest BCUT2D eigenvalue weighted by Crippen LogP contribution is -2.12. The lowest BCUT2D eigenvalue weighted by molar-refractivity contribution is -0.139. The third kappa shape index (κ3) is 8.81. The summed E-state index contributed by atoms with van der Waals surface area (Å²) in [6.45, 7) is 5.46. The van der Waals surface area contributed by atoms with Crippen molar-refractivity contribution in [2.24, 2.45) is 0 Å². The van der Waals surface area contributed by atoms with Gasteiger partial charge in [0.05, 0.1) is 11.3 Å². The van der Waals surface area contributed by atoms with E-state index in [2.05, 4.69) is 19.1 Å². The summed E-state index contributed by atoms with van der Waals surface area (Å²) in [6.07, 6.45) is 13.4. The molecule has 2 aromatic rings. The van der Waals surface area contributed by atoms with E-state index in [1.165, 1.54) is 18.9 Å². The topological polar surface area (TPSA) is 72.8 Å². The van der Waals surface area contributed by atoms with E-state index in [-0.39, 0.29) is 17.1 Å². The fraction of sp³-hybridized carbons (Fsp3) is 0.286. The largest absolute Gasteiger partial charge is 0.481 e. The Morgan fingerprint density at radius 2 is 1.70 bits per heavy atom. The number of carboxylic acid groups (broad SMARTS) is 1. The molecule has 0 fully saturated rings. The van der Waals surface area contributed by atoms with Crippen LogP contribution in [0, 0.1) is 0 Å². The van der Waals surface area contributed by atoms with Crippen LogP contribution in [0.4, 0.5) is 0 Å². The molecule has 0 amide bonds. The first-order chi connectivity index (χ1) is 16.0. The summed E-state index contributed by atoms with van der Waals surface area (Å²) in [5.74, 6) is 0.00736. The van der Waals surface area contributed by atoms with Gasteiger partial charge < -0.3 is 14.6 Å². The van der Waals surface area contributed by atoms with Crippen LogP contribution in [0.2, 0.25) is 0 Å². The fourth-order valence-corrected chi connectivity index (χ4v) is 3.04. The molecule has 2 rings (SSSR count). The van der Waals surface area contributed by atoms with Crippen molar-refractivity contribution in [3.63, 3.8) is 0 Å². The number of carboxylic acids is 1. The molecular formula is C28H32O5. The maximum absolute atomic E-state index is 12.8. The van der Waals surface area contributed by atoms with Crippen molar-refractivity contribution in [2.75, 3.05) is 6.61 Å². The Bertz CT molecular complexity index is 1010. The highest BCUT2D eigenvalue weighted by Crippen LogP contribution is 2.28. The predicted molar refractivity (Wildman–Crippen MR) is 133 cm³/mol. The molecule has 0 atom stereocenters. The molecule has 0 radical (unpaired) electrons. The second-order valence-corrected chi connectivity index (χ2v) is 7.46. The van der Waals surface area contributed by atoms with Crippen molar-refractivity contribution >= 4 is 23.9 Å². The van der Waals surface area contributed by atoms with Crippen LogP contribution in [0.25, 0.3) is 12.2 Å². The van der Waals surface area contributed by atoms with Gasteiger partial charge in [-0.3, -0.25) is 4.79 Å². The van der Waals surface area contributed by atoms with E-state index in [1.54, 1.807) is 24.3 Å². The van der Waals surface area contributed by atoms with Gasteiger partial charge in [-0.1, -0.05) is 69.2 Å². The lowest BCUT2D eigenvalue weighted by Gasteiger charge is -2.12. The molecule has 0 aliphatic heterocycles. The lowest BCUT2D eigenvalue weighted by atomic mass is 10.1. The number of benzene rings is 2. The third-order valence-corrected chi connectivity index (χ3v) is 4.89. The van der Waals surface area contributed by atoms with Crippen molar-refractivity contribution in [3.05, 3.63) is 83.1 Å². The quantitative estimate of drug-likeness (QED) is 0.155. The van der Waals surface area contributed by atoms with E-state index in [1.807, 2.05) is 44.2 Å². The molecule has 0 spiro atoms. The van der Waals surface area contributed by atoms with E-state index in [0.29, 0.717) is 12.2 Å². The second-order valence-electron chi connectivity index (χ2n) is 7.46. The number of hydrogen-bond acceptors (Lipinski definition) is 4. The molecule has 0 aromatic heterocycles. The van der Waals surface area contributed by atoms with Crippen molar-refractivity contribution in [1.82, 2.24) is 0 Å². The second kappa shape index (κ2) is 13.7. The van der Waals surface area contributed by atoms with Crippen LogP contribution >= 0.6 is 0 Å². The van der Waals surface area contributed by atoms with Gasteiger partial charge in [0, 0.05) is 12.5 Å². The molecule has 33 heavy (non-hydrogen) atoms. The van der Waals surface area contributed by atoms with Gasteiger partial charge in [-0.15, -0.1) is 0 Å². The van der Waals surface area contributed by atoms with Crippen LogP contribution in [-0.4, -0.2) is 23.5 Å². The predicted octanol–water partition coefficient (Wildman–Crippen LogP) is 6.94. The SMILES string of the molecule is CC=C(CC)Oc1ccc(C(=O)C=Cc2ccc(C=CCCCC)cc2)c(OCC(=O)O)c1. The van der Waals surface area contributed by atoms with Crippen LogP contribution in [0.5, 0.6) is 11.5 Å². The number of ketones is 1. The van der Waals surface area contributed by atoms with Crippen molar-refractivity contribution in [2.45, 2.75) is 46.5 Å². The smallest absolute Gasteiger partial charge is 0.341 e. The van der Waals surface area contributed by atoms with E-state index >= 15 is 0 Å². The summed E-state index contributed by atoms with van der Waals surface area (Å²) in [7, 11) is 0. The van der Waals surface area contributed by atoms with Gasteiger partial charge >= 0.3 is 5.97 Å². The molecule has 0 unspecified atom stereocenters. The number of carbonyl (C=O) groups excluding carboxylic acids is 1. The summed E-state index contributed by atoms with van der Waals surface area (Å²) in [6, 6.07) is 12.7. The minimum Gasteiger partial charge on any atom is -0.481 e. The molecule has 2 aromatic carbocycles. The Hall–Kier alpha value is -3.60. The first-order valence-corrected chi connectivity index (χ1v) is 11.3. The standard InChI is InChI=1S/C28H32O5/c1-4-7-8-9-10-21-11-13-22(14-12-21)15-18-26(29)25-17-16-24(33-23(5-2)6-3)19-27(25)32-20-28(30)31/h5,9-19H,4,6-8,20H2,1-3H3,(H,30,31). The monoisotopic (exact) mass is 448 g/mol. The summed E-state index contributed by atoms with van der Waals surface area (Å²) in [5.41, 5.74) is 2.28. The number of carbonyl (C=O) groups is 2. The first kappa shape index (κ1) is 25.7. The third-order valence-electron chi connectivity index (χ3n) is 4.89. The van der Waals surface area contributed by atoms with Crippen LogP contribution in [0.1, 0.15) is 67.9 Å². The van der Waals surface area contributed by atoms with Gasteiger partial charge in [0.2, 0.25) is 0 Å². The number of hydrogen-bond donors (Lipinski definition) is 1. The van der Waals surface area contributed by atoms with Crippen molar-refractivity contribution in [1.29, 1.82) is 0 Å². The Labute approximate surface area is 196 Å². The minimum absolute atomic E-state index is 0.170. The number of aliphatic carboxylic acids is 1. The highest BCUT2D eigenvalue weighted by molar-refractivity contribution is 6.08. The highest BCUT2D eigenvalue weighted by Gasteiger charge is 2.14. The zero-order valence-corrected chi connectivity index (χ0v) is 19.5. The maximum atomic E-state index is 12.8. The first-order valence-electron chi connectivity index (χ1n) is 11.3. The minimum atomic E-state index is -1.12.